The van der Waals surface area contributed by atoms with E-state index in [2.05, 4.69) is 5.10 Å². The van der Waals surface area contributed by atoms with E-state index >= 15 is 0 Å². The normalized spacial score (nSPS) is 19.4. The van der Waals surface area contributed by atoms with Gasteiger partial charge in [-0.2, -0.15) is 31.4 Å². The van der Waals surface area contributed by atoms with Gasteiger partial charge in [-0.05, 0) is 56.0 Å². The number of carboxylic acids is 1. The summed E-state index contributed by atoms with van der Waals surface area (Å²) in [7, 11) is 0. The zero-order valence-corrected chi connectivity index (χ0v) is 29.6. The molecule has 1 spiro atoms. The van der Waals surface area contributed by atoms with Gasteiger partial charge in [0.2, 0.25) is 5.91 Å². The molecule has 17 heteroatoms. The zero-order valence-electron chi connectivity index (χ0n) is 29.6. The van der Waals surface area contributed by atoms with Gasteiger partial charge in [0.1, 0.15) is 11.2 Å². The second-order valence-corrected chi connectivity index (χ2v) is 15.0. The number of aromatic nitrogens is 2. The summed E-state index contributed by atoms with van der Waals surface area (Å²) in [5.74, 6) is -5.07. The summed E-state index contributed by atoms with van der Waals surface area (Å²) >= 11 is 0. The van der Waals surface area contributed by atoms with Crippen LogP contribution in [0.3, 0.4) is 0 Å². The zero-order chi connectivity index (χ0) is 39.2. The number of alkyl halides is 6. The van der Waals surface area contributed by atoms with Gasteiger partial charge >= 0.3 is 18.3 Å². The van der Waals surface area contributed by atoms with Crippen LogP contribution in [0.5, 0.6) is 0 Å². The Labute approximate surface area is 306 Å². The number of benzene rings is 2. The van der Waals surface area contributed by atoms with E-state index in [1.54, 1.807) is 35.2 Å². The molecule has 0 radical (unpaired) electrons. The average molecular weight is 768 g/mol. The van der Waals surface area contributed by atoms with Crippen molar-refractivity contribution in [3.8, 4) is 0 Å². The number of carbonyl (C=O) groups excluding carboxylic acids is 2. The van der Waals surface area contributed by atoms with Crippen LogP contribution in [0.4, 0.5) is 36.4 Å². The first-order valence-corrected chi connectivity index (χ1v) is 17.5. The first-order chi connectivity index (χ1) is 25.3. The minimum absolute atomic E-state index is 0.0226. The van der Waals surface area contributed by atoms with E-state index in [4.69, 9.17) is 4.74 Å². The predicted octanol–water partition coefficient (Wildman–Crippen LogP) is 6.25. The third-order valence-corrected chi connectivity index (χ3v) is 11.0. The topological polar surface area (TPSA) is 108 Å². The maximum Gasteiger partial charge on any atom is 0.402 e. The van der Waals surface area contributed by atoms with Crippen LogP contribution in [0.1, 0.15) is 58.5 Å². The molecule has 3 saturated heterocycles. The number of rotatable bonds is 10. The Morgan fingerprint density at radius 2 is 1.59 bits per heavy atom. The predicted molar refractivity (Wildman–Crippen MR) is 180 cm³/mol. The van der Waals surface area contributed by atoms with Crippen LogP contribution >= 0.6 is 0 Å². The van der Waals surface area contributed by atoms with Gasteiger partial charge in [0, 0.05) is 56.8 Å². The summed E-state index contributed by atoms with van der Waals surface area (Å²) in [5.41, 5.74) is -1.98. The number of nitrogens with zero attached hydrogens (tertiary/aromatic N) is 5. The van der Waals surface area contributed by atoms with Gasteiger partial charge in [0.15, 0.2) is 0 Å². The van der Waals surface area contributed by atoms with E-state index in [1.807, 2.05) is 0 Å². The highest BCUT2D eigenvalue weighted by molar-refractivity contribution is 5.96. The second kappa shape index (κ2) is 14.5. The molecule has 3 aromatic rings. The molecule has 0 bridgehead atoms. The number of aromatic carboxylic acids is 1. The second-order valence-electron chi connectivity index (χ2n) is 15.0. The van der Waals surface area contributed by atoms with Crippen molar-refractivity contribution in [1.82, 2.24) is 19.6 Å². The molecule has 0 aliphatic carbocycles. The number of ether oxygens (including phenoxy) is 1. The summed E-state index contributed by atoms with van der Waals surface area (Å²) in [4.78, 5) is 43.5. The van der Waals surface area contributed by atoms with Gasteiger partial charge in [-0.15, -0.1) is 0 Å². The smallest absolute Gasteiger partial charge is 0.402 e. The van der Waals surface area contributed by atoms with E-state index in [0.29, 0.717) is 0 Å². The minimum Gasteiger partial charge on any atom is -0.478 e. The molecule has 2 amide bonds. The quantitative estimate of drug-likeness (QED) is 0.243. The Kier molecular flexibility index (Phi) is 10.5. The Balaban J connectivity index is 1.17. The fourth-order valence-electron chi connectivity index (χ4n) is 7.65. The number of anilines is 1. The Bertz CT molecular complexity index is 1860. The van der Waals surface area contributed by atoms with Crippen LogP contribution in [0.15, 0.2) is 54.9 Å². The molecule has 1 N–H and O–H groups in total. The van der Waals surface area contributed by atoms with Gasteiger partial charge in [-0.3, -0.25) is 14.3 Å². The Hall–Kier alpha value is -4.67. The SMILES string of the molecule is CC(C)(C(=O)N1CC2(CN(C(=O)c3cnn(Cc4ccc(F)cc4)c3)C[C@H]2COCc2cccc(N3CCC(C(F)(F)F)CC3)c2C(=O)O)C1)C(F)(F)F. The summed E-state index contributed by atoms with van der Waals surface area (Å²) in [6.07, 6.45) is -6.53. The molecule has 292 valence electrons. The molecule has 1 aromatic heterocycles. The summed E-state index contributed by atoms with van der Waals surface area (Å²) in [5, 5.41) is 14.4. The van der Waals surface area contributed by atoms with E-state index in [9.17, 15) is 50.2 Å². The number of likely N-dealkylation sites (tertiary alicyclic amines) is 2. The van der Waals surface area contributed by atoms with Crippen LogP contribution in [0.2, 0.25) is 0 Å². The summed E-state index contributed by atoms with van der Waals surface area (Å²) in [6, 6.07) is 10.5. The number of hydrogen-bond acceptors (Lipinski definition) is 6. The van der Waals surface area contributed by atoms with Gasteiger partial charge in [-0.25, -0.2) is 9.18 Å². The first-order valence-electron chi connectivity index (χ1n) is 17.5. The van der Waals surface area contributed by atoms with Crippen molar-refractivity contribution in [2.75, 3.05) is 50.8 Å². The van der Waals surface area contributed by atoms with Gasteiger partial charge in [-0.1, -0.05) is 24.3 Å². The standard InChI is InChI=1S/C37H40F7N5O5/c1-34(2,37(42,43)44)33(53)48-21-35(22-48)20-47(31(50)25-14-45-49(16-25)15-23-6-8-28(38)9-7-23)17-27(35)19-54-18-24-4-3-5-29(30(24)32(51)52)46-12-10-26(11-13-46)36(39,40)41/h3-9,14,16,26-27H,10-13,15,17-22H2,1-2H3,(H,51,52)/t27-/m0/s1. The fraction of sp³-hybridized carbons (Fsp3) is 0.514. The minimum atomic E-state index is -4.79. The van der Waals surface area contributed by atoms with Crippen LogP contribution < -0.4 is 4.90 Å². The van der Waals surface area contributed by atoms with Crippen molar-refractivity contribution < 1.29 is 55.0 Å². The molecule has 6 rings (SSSR count). The molecule has 3 fully saturated rings. The molecule has 0 unspecified atom stereocenters. The molecule has 4 heterocycles. The first kappa shape index (κ1) is 39.0. The molecular weight excluding hydrogens is 727 g/mol. The largest absolute Gasteiger partial charge is 0.478 e. The maximum atomic E-state index is 13.8. The molecule has 3 aliphatic rings. The molecule has 10 nitrogen and oxygen atoms in total. The number of halogens is 7. The van der Waals surface area contributed by atoms with Crippen LogP contribution in [-0.2, 0) is 22.7 Å². The van der Waals surface area contributed by atoms with Gasteiger partial charge < -0.3 is 24.5 Å². The number of piperidine rings is 1. The number of carboxylic acid groups (broad SMARTS) is 1. The number of carbonyl (C=O) groups is 3. The molecular formula is C37H40F7N5O5. The monoisotopic (exact) mass is 767 g/mol. The summed E-state index contributed by atoms with van der Waals surface area (Å²) in [6.45, 7) is 1.86. The molecule has 0 saturated carbocycles. The maximum absolute atomic E-state index is 13.8. The number of hydrogen-bond donors (Lipinski definition) is 1. The molecule has 54 heavy (non-hydrogen) atoms. The third kappa shape index (κ3) is 7.77. The third-order valence-electron chi connectivity index (χ3n) is 11.0. The van der Waals surface area contributed by atoms with Gasteiger partial charge in [0.05, 0.1) is 48.7 Å². The van der Waals surface area contributed by atoms with Crippen molar-refractivity contribution in [1.29, 1.82) is 0 Å². The molecule has 3 aliphatic heterocycles. The highest BCUT2D eigenvalue weighted by Crippen LogP contribution is 2.48. The van der Waals surface area contributed by atoms with Crippen molar-refractivity contribution >= 4 is 23.5 Å². The highest BCUT2D eigenvalue weighted by atomic mass is 19.4. The van der Waals surface area contributed by atoms with E-state index in [0.717, 1.165) is 24.3 Å². The molecule has 1 atom stereocenters. The number of amides is 2. The van der Waals surface area contributed by atoms with Crippen LogP contribution in [0, 0.1) is 28.5 Å². The fourth-order valence-corrected chi connectivity index (χ4v) is 7.65. The average Bonchev–Trinajstić information content (AvgIpc) is 3.72. The Morgan fingerprint density at radius 1 is 0.944 bits per heavy atom. The Morgan fingerprint density at radius 3 is 2.20 bits per heavy atom. The van der Waals surface area contributed by atoms with Crippen molar-refractivity contribution in [3.05, 3.63) is 82.9 Å². The lowest BCUT2D eigenvalue weighted by Gasteiger charge is -2.52. The lowest BCUT2D eigenvalue weighted by Crippen LogP contribution is -2.66. The lowest BCUT2D eigenvalue weighted by molar-refractivity contribution is -0.223. The van der Waals surface area contributed by atoms with Crippen molar-refractivity contribution in [3.63, 3.8) is 0 Å². The van der Waals surface area contributed by atoms with Gasteiger partial charge in [0.25, 0.3) is 5.91 Å². The highest BCUT2D eigenvalue weighted by Gasteiger charge is 2.61. The lowest BCUT2D eigenvalue weighted by atomic mass is 9.70. The molecule has 2 aromatic carbocycles. The van der Waals surface area contributed by atoms with Crippen molar-refractivity contribution in [2.24, 2.45) is 22.7 Å². The van der Waals surface area contributed by atoms with Crippen molar-refractivity contribution in [2.45, 2.75) is 52.2 Å². The van der Waals surface area contributed by atoms with E-state index < -0.39 is 58.6 Å². The van der Waals surface area contributed by atoms with Crippen LogP contribution in [0.25, 0.3) is 0 Å². The summed E-state index contributed by atoms with van der Waals surface area (Å²) < 4.78 is 102. The van der Waals surface area contributed by atoms with Crippen LogP contribution in [-0.4, -0.2) is 101 Å². The van der Waals surface area contributed by atoms with E-state index in [-0.39, 0.29) is 94.2 Å². The van der Waals surface area contributed by atoms with E-state index in [1.165, 1.54) is 34.1 Å².